The van der Waals surface area contributed by atoms with E-state index in [-0.39, 0.29) is 17.3 Å². The van der Waals surface area contributed by atoms with Gasteiger partial charge in [-0.3, -0.25) is 19.6 Å². The highest BCUT2D eigenvalue weighted by Crippen LogP contribution is 2.33. The number of non-ortho nitro benzene ring substituents is 1. The van der Waals surface area contributed by atoms with Crippen LogP contribution in [0.25, 0.3) is 0 Å². The van der Waals surface area contributed by atoms with Crippen molar-refractivity contribution in [1.82, 2.24) is 9.78 Å². The molecule has 3 rings (SSSR count). The summed E-state index contributed by atoms with van der Waals surface area (Å²) >= 11 is 3.32. The van der Waals surface area contributed by atoms with Gasteiger partial charge in [0.1, 0.15) is 11.5 Å². The van der Waals surface area contributed by atoms with Crippen molar-refractivity contribution in [2.45, 2.75) is 34.2 Å². The first-order valence-corrected chi connectivity index (χ1v) is 10.5. The summed E-state index contributed by atoms with van der Waals surface area (Å²) in [4.78, 5) is 23.5. The predicted octanol–water partition coefficient (Wildman–Crippen LogP) is 5.55. The summed E-state index contributed by atoms with van der Waals surface area (Å²) in [6.07, 6.45) is 3.42. The smallest absolute Gasteiger partial charge is 0.275 e. The van der Waals surface area contributed by atoms with Crippen LogP contribution in [0.5, 0.6) is 11.5 Å². The van der Waals surface area contributed by atoms with E-state index in [1.54, 1.807) is 30.1 Å². The molecule has 1 heterocycles. The molecule has 0 aliphatic rings. The minimum atomic E-state index is -0.512. The molecule has 31 heavy (non-hydrogen) atoms. The Hall–Kier alpha value is -3.20. The molecule has 3 aromatic rings. The van der Waals surface area contributed by atoms with Gasteiger partial charge in [-0.25, -0.2) is 0 Å². The third-order valence-electron chi connectivity index (χ3n) is 4.87. The Bertz CT molecular complexity index is 1140. The van der Waals surface area contributed by atoms with Crippen molar-refractivity contribution in [3.8, 4) is 11.5 Å². The maximum Gasteiger partial charge on any atom is 0.275 e. The van der Waals surface area contributed by atoms with Gasteiger partial charge in [0.15, 0.2) is 0 Å². The predicted molar refractivity (Wildman–Crippen MR) is 122 cm³/mol. The molecule has 0 radical (unpaired) electrons. The average molecular weight is 487 g/mol. The van der Waals surface area contributed by atoms with Gasteiger partial charge in [0.05, 0.1) is 39.8 Å². The Morgan fingerprint density at radius 2 is 2.00 bits per heavy atom. The number of halogens is 1. The van der Waals surface area contributed by atoms with Gasteiger partial charge in [-0.05, 0) is 59.5 Å². The minimum Gasteiger partial charge on any atom is -0.457 e. The van der Waals surface area contributed by atoms with Crippen LogP contribution < -0.4 is 10.1 Å². The highest BCUT2D eigenvalue weighted by Gasteiger charge is 2.18. The van der Waals surface area contributed by atoms with Crippen LogP contribution in [-0.4, -0.2) is 20.6 Å². The van der Waals surface area contributed by atoms with Gasteiger partial charge in [-0.2, -0.15) is 5.10 Å². The van der Waals surface area contributed by atoms with Gasteiger partial charge in [0, 0.05) is 18.3 Å². The molecule has 0 bridgehead atoms. The fourth-order valence-corrected chi connectivity index (χ4v) is 3.45. The molecular formula is C22H23BrN4O4. The Labute approximate surface area is 188 Å². The zero-order valence-electron chi connectivity index (χ0n) is 17.7. The molecule has 0 spiro atoms. The third kappa shape index (κ3) is 5.69. The van der Waals surface area contributed by atoms with Gasteiger partial charge >= 0.3 is 0 Å². The van der Waals surface area contributed by atoms with E-state index in [9.17, 15) is 14.9 Å². The fraction of sp³-hybridized carbons (Fsp3) is 0.273. The van der Waals surface area contributed by atoms with Crippen LogP contribution in [-0.2, 0) is 11.3 Å². The molecule has 0 aliphatic heterocycles. The summed E-state index contributed by atoms with van der Waals surface area (Å²) in [5, 5.41) is 18.3. The topological polar surface area (TPSA) is 99.3 Å². The lowest BCUT2D eigenvalue weighted by atomic mass is 10.1. The van der Waals surface area contributed by atoms with E-state index in [0.717, 1.165) is 21.2 Å². The van der Waals surface area contributed by atoms with E-state index < -0.39 is 10.8 Å². The third-order valence-corrected chi connectivity index (χ3v) is 5.28. The lowest BCUT2D eigenvalue weighted by Crippen LogP contribution is -2.24. The molecule has 2 aromatic carbocycles. The monoisotopic (exact) mass is 486 g/mol. The van der Waals surface area contributed by atoms with Crippen LogP contribution in [0.4, 0.5) is 11.4 Å². The number of amides is 1. The molecule has 0 saturated carbocycles. The zero-order valence-corrected chi connectivity index (χ0v) is 19.3. The Balaban J connectivity index is 1.83. The van der Waals surface area contributed by atoms with Crippen molar-refractivity contribution in [2.24, 2.45) is 5.92 Å². The first kappa shape index (κ1) is 22.5. The second-order valence-electron chi connectivity index (χ2n) is 7.55. The summed E-state index contributed by atoms with van der Waals surface area (Å²) in [7, 11) is 0. The molecule has 1 N–H and O–H groups in total. The zero-order chi connectivity index (χ0) is 22.7. The van der Waals surface area contributed by atoms with E-state index in [4.69, 9.17) is 4.74 Å². The molecule has 0 aliphatic carbocycles. The SMILES string of the molecule is Cc1cc(C)c(C)c(Oc2cc(NC(=O)C(C)Cn3cc(Br)cn3)cc([N+](=O)[O-])c2)c1. The van der Waals surface area contributed by atoms with E-state index in [1.165, 1.54) is 12.1 Å². The Morgan fingerprint density at radius 3 is 2.65 bits per heavy atom. The number of nitrogens with zero attached hydrogens (tertiary/aromatic N) is 3. The van der Waals surface area contributed by atoms with Crippen LogP contribution >= 0.6 is 15.9 Å². The molecule has 9 heteroatoms. The number of rotatable bonds is 7. The molecule has 8 nitrogen and oxygen atoms in total. The summed E-state index contributed by atoms with van der Waals surface area (Å²) in [5.74, 6) is 0.215. The number of aromatic nitrogens is 2. The molecule has 1 aromatic heterocycles. The average Bonchev–Trinajstić information content (AvgIpc) is 3.10. The number of benzene rings is 2. The normalized spacial score (nSPS) is 11.8. The first-order valence-electron chi connectivity index (χ1n) is 9.66. The highest BCUT2D eigenvalue weighted by molar-refractivity contribution is 9.10. The maximum atomic E-state index is 12.6. The summed E-state index contributed by atoms with van der Waals surface area (Å²) < 4.78 is 8.44. The fourth-order valence-electron chi connectivity index (χ4n) is 3.12. The minimum absolute atomic E-state index is 0.168. The maximum absolute atomic E-state index is 12.6. The van der Waals surface area contributed by atoms with Crippen LogP contribution in [0.15, 0.2) is 47.2 Å². The van der Waals surface area contributed by atoms with E-state index in [1.807, 2.05) is 32.9 Å². The van der Waals surface area contributed by atoms with Crippen molar-refractivity contribution in [1.29, 1.82) is 0 Å². The molecule has 0 saturated heterocycles. The summed E-state index contributed by atoms with van der Waals surface area (Å²) in [6.45, 7) is 8.00. The molecule has 1 atom stereocenters. The largest absolute Gasteiger partial charge is 0.457 e. The quantitative estimate of drug-likeness (QED) is 0.348. The van der Waals surface area contributed by atoms with E-state index in [0.29, 0.717) is 18.0 Å². The Morgan fingerprint density at radius 1 is 1.26 bits per heavy atom. The van der Waals surface area contributed by atoms with Gasteiger partial charge in [-0.1, -0.05) is 13.0 Å². The van der Waals surface area contributed by atoms with Crippen LogP contribution in [0.1, 0.15) is 23.6 Å². The number of nitro benzene ring substituents is 1. The molecule has 1 unspecified atom stereocenters. The van der Waals surface area contributed by atoms with Crippen molar-refractivity contribution in [3.05, 3.63) is 74.0 Å². The standard InChI is InChI=1S/C22H23BrN4O4/c1-13-5-14(2)16(4)21(6-13)31-20-8-18(7-19(9-20)27(29)30)25-22(28)15(3)11-26-12-17(23)10-24-26/h5-10,12,15H,11H2,1-4H3,(H,25,28). The molecule has 0 fully saturated rings. The lowest BCUT2D eigenvalue weighted by molar-refractivity contribution is -0.384. The second kappa shape index (κ2) is 9.30. The van der Waals surface area contributed by atoms with Crippen molar-refractivity contribution < 1.29 is 14.5 Å². The number of aryl methyl sites for hydroxylation is 2. The number of nitro groups is 1. The van der Waals surface area contributed by atoms with E-state index >= 15 is 0 Å². The van der Waals surface area contributed by atoms with Crippen LogP contribution in [0, 0.1) is 36.8 Å². The van der Waals surface area contributed by atoms with Gasteiger partial charge in [0.2, 0.25) is 5.91 Å². The highest BCUT2D eigenvalue weighted by atomic mass is 79.9. The molecular weight excluding hydrogens is 464 g/mol. The number of ether oxygens (including phenoxy) is 1. The van der Waals surface area contributed by atoms with Crippen molar-refractivity contribution in [3.63, 3.8) is 0 Å². The lowest BCUT2D eigenvalue weighted by Gasteiger charge is -2.15. The van der Waals surface area contributed by atoms with Crippen molar-refractivity contribution in [2.75, 3.05) is 5.32 Å². The number of anilines is 1. The number of hydrogen-bond acceptors (Lipinski definition) is 5. The number of hydrogen-bond donors (Lipinski definition) is 1. The number of carbonyl (C=O) groups is 1. The molecule has 162 valence electrons. The van der Waals surface area contributed by atoms with Crippen molar-refractivity contribution >= 4 is 33.2 Å². The number of carbonyl (C=O) groups excluding carboxylic acids is 1. The van der Waals surface area contributed by atoms with Crippen LogP contribution in [0.2, 0.25) is 0 Å². The van der Waals surface area contributed by atoms with Crippen LogP contribution in [0.3, 0.4) is 0 Å². The Kier molecular flexibility index (Phi) is 6.74. The van der Waals surface area contributed by atoms with Gasteiger partial charge < -0.3 is 10.1 Å². The summed E-state index contributed by atoms with van der Waals surface area (Å²) in [6, 6.07) is 8.16. The number of nitrogens with one attached hydrogen (secondary N) is 1. The van der Waals surface area contributed by atoms with Gasteiger partial charge in [0.25, 0.3) is 5.69 Å². The second-order valence-corrected chi connectivity index (χ2v) is 8.47. The van der Waals surface area contributed by atoms with E-state index in [2.05, 4.69) is 26.3 Å². The first-order chi connectivity index (χ1) is 14.6. The molecule has 1 amide bonds. The summed E-state index contributed by atoms with van der Waals surface area (Å²) in [5.41, 5.74) is 3.16. The van der Waals surface area contributed by atoms with Gasteiger partial charge in [-0.15, -0.1) is 0 Å².